The topological polar surface area (TPSA) is 44.2 Å². The highest BCUT2D eigenvalue weighted by Gasteiger charge is 2.47. The van der Waals surface area contributed by atoms with E-state index in [-0.39, 0.29) is 0 Å². The quantitative estimate of drug-likeness (QED) is 0.157. The first-order valence-corrected chi connectivity index (χ1v) is 19.4. The van der Waals surface area contributed by atoms with Crippen molar-refractivity contribution in [3.8, 4) is 67.8 Å². The van der Waals surface area contributed by atoms with Crippen molar-refractivity contribution in [1.82, 2.24) is 9.97 Å². The highest BCUT2D eigenvalue weighted by molar-refractivity contribution is 14.1. The number of pyridine rings is 2. The van der Waals surface area contributed by atoms with Crippen LogP contribution >= 0.6 is 22.6 Å². The molecular formula is C50H33IN2O2. The maximum Gasteiger partial charge on any atom is 0.170 e. The zero-order chi connectivity index (χ0) is 36.9. The first kappa shape index (κ1) is 33.3. The number of hydrogen-bond donors (Lipinski definition) is 0. The van der Waals surface area contributed by atoms with E-state index in [0.717, 1.165) is 48.5 Å². The molecule has 0 atom stereocenters. The van der Waals surface area contributed by atoms with Gasteiger partial charge in [-0.2, -0.15) is 0 Å². The molecule has 4 nitrogen and oxygen atoms in total. The SMILES string of the molecule is C/C=C(\I)c1cc(-c2ccccc2-c2ccc3c(c2)Oc2cc4c(cc2O3)C(c2ccccc2)(c2ccccc2)c2ccccc2-4)cc(-c2ccccn2)n1. The van der Waals surface area contributed by atoms with Crippen molar-refractivity contribution in [2.75, 3.05) is 0 Å². The van der Waals surface area contributed by atoms with E-state index in [4.69, 9.17) is 14.5 Å². The third-order valence-corrected chi connectivity index (χ3v) is 11.9. The van der Waals surface area contributed by atoms with Crippen LogP contribution in [0.3, 0.4) is 0 Å². The molecular weight excluding hydrogens is 787 g/mol. The average Bonchev–Trinajstić information content (AvgIpc) is 3.54. The fourth-order valence-corrected chi connectivity index (χ4v) is 8.55. The van der Waals surface area contributed by atoms with Crippen molar-refractivity contribution >= 4 is 26.2 Å². The summed E-state index contributed by atoms with van der Waals surface area (Å²) in [6, 6.07) is 59.6. The van der Waals surface area contributed by atoms with Crippen LogP contribution in [0.2, 0.25) is 0 Å². The van der Waals surface area contributed by atoms with Gasteiger partial charge in [0.05, 0.1) is 22.5 Å². The Bertz CT molecular complexity index is 2740. The first-order valence-electron chi connectivity index (χ1n) is 18.4. The van der Waals surface area contributed by atoms with E-state index in [1.165, 1.54) is 27.8 Å². The lowest BCUT2D eigenvalue weighted by Gasteiger charge is -2.34. The number of halogens is 1. The molecule has 0 saturated heterocycles. The van der Waals surface area contributed by atoms with E-state index in [0.29, 0.717) is 23.0 Å². The Hall–Kier alpha value is -6.31. The normalized spacial score (nSPS) is 13.5. The Morgan fingerprint density at radius 3 is 1.84 bits per heavy atom. The number of rotatable bonds is 6. The molecule has 0 unspecified atom stereocenters. The Morgan fingerprint density at radius 1 is 0.509 bits per heavy atom. The summed E-state index contributed by atoms with van der Waals surface area (Å²) in [4.78, 5) is 9.60. The summed E-state index contributed by atoms with van der Waals surface area (Å²) in [5, 5.41) is 0. The maximum atomic E-state index is 6.80. The number of benzene rings is 6. The maximum absolute atomic E-state index is 6.80. The van der Waals surface area contributed by atoms with Gasteiger partial charge in [-0.1, -0.05) is 127 Å². The third kappa shape index (κ3) is 5.49. The molecule has 1 aliphatic carbocycles. The molecule has 0 N–H and O–H groups in total. The van der Waals surface area contributed by atoms with Crippen LogP contribution in [0.4, 0.5) is 0 Å². The predicted octanol–water partition coefficient (Wildman–Crippen LogP) is 13.5. The van der Waals surface area contributed by atoms with Gasteiger partial charge in [-0.25, -0.2) is 4.98 Å². The highest BCUT2D eigenvalue weighted by Crippen LogP contribution is 2.60. The number of ether oxygens (including phenoxy) is 2. The van der Waals surface area contributed by atoms with Crippen LogP contribution in [0, 0.1) is 0 Å². The Morgan fingerprint density at radius 2 is 1.13 bits per heavy atom. The van der Waals surface area contributed by atoms with Gasteiger partial charge in [0.2, 0.25) is 0 Å². The molecule has 0 saturated carbocycles. The van der Waals surface area contributed by atoms with Gasteiger partial charge < -0.3 is 9.47 Å². The molecule has 55 heavy (non-hydrogen) atoms. The monoisotopic (exact) mass is 820 g/mol. The van der Waals surface area contributed by atoms with Crippen LogP contribution < -0.4 is 9.47 Å². The molecule has 0 amide bonds. The second kappa shape index (κ2) is 13.5. The molecule has 0 fully saturated rings. The van der Waals surface area contributed by atoms with E-state index < -0.39 is 5.41 Å². The zero-order valence-corrected chi connectivity index (χ0v) is 32.1. The summed E-state index contributed by atoms with van der Waals surface area (Å²) in [7, 11) is 0. The van der Waals surface area contributed by atoms with Gasteiger partial charge in [0, 0.05) is 9.78 Å². The summed E-state index contributed by atoms with van der Waals surface area (Å²) >= 11 is 2.35. The Labute approximate surface area is 334 Å². The van der Waals surface area contributed by atoms with Gasteiger partial charge in [-0.3, -0.25) is 4.98 Å². The van der Waals surface area contributed by atoms with Crippen molar-refractivity contribution in [3.63, 3.8) is 0 Å². The predicted molar refractivity (Wildman–Crippen MR) is 230 cm³/mol. The van der Waals surface area contributed by atoms with Crippen LogP contribution in [-0.4, -0.2) is 9.97 Å². The molecule has 262 valence electrons. The van der Waals surface area contributed by atoms with Gasteiger partial charge in [0.25, 0.3) is 0 Å². The van der Waals surface area contributed by atoms with Crippen molar-refractivity contribution in [3.05, 3.63) is 210 Å². The van der Waals surface area contributed by atoms with Gasteiger partial charge in [-0.05, 0) is 134 Å². The van der Waals surface area contributed by atoms with Crippen molar-refractivity contribution in [2.45, 2.75) is 12.3 Å². The van der Waals surface area contributed by atoms with Crippen LogP contribution in [0.15, 0.2) is 182 Å². The number of hydrogen-bond acceptors (Lipinski definition) is 4. The van der Waals surface area contributed by atoms with E-state index in [2.05, 4.69) is 179 Å². The first-order chi connectivity index (χ1) is 27.1. The molecule has 10 rings (SSSR count). The van der Waals surface area contributed by atoms with Gasteiger partial charge in [0.15, 0.2) is 23.0 Å². The fraction of sp³-hybridized carbons (Fsp3) is 0.0400. The molecule has 2 aromatic heterocycles. The molecule has 2 aliphatic rings. The molecule has 1 aliphatic heterocycles. The third-order valence-electron chi connectivity index (χ3n) is 10.7. The fourth-order valence-electron chi connectivity index (χ4n) is 8.27. The summed E-state index contributed by atoms with van der Waals surface area (Å²) in [5.41, 5.74) is 13.5. The molecule has 0 spiro atoms. The zero-order valence-electron chi connectivity index (χ0n) is 29.9. The highest BCUT2D eigenvalue weighted by atomic mass is 127. The minimum atomic E-state index is -0.519. The van der Waals surface area contributed by atoms with Crippen LogP contribution in [0.25, 0.3) is 48.3 Å². The summed E-state index contributed by atoms with van der Waals surface area (Å²) < 4.78 is 14.6. The lowest BCUT2D eigenvalue weighted by molar-refractivity contribution is 0.359. The summed E-state index contributed by atoms with van der Waals surface area (Å²) in [6.07, 6.45) is 3.89. The van der Waals surface area contributed by atoms with Crippen molar-refractivity contribution < 1.29 is 9.47 Å². The molecule has 0 bridgehead atoms. The van der Waals surface area contributed by atoms with Gasteiger partial charge >= 0.3 is 0 Å². The summed E-state index contributed by atoms with van der Waals surface area (Å²) in [5.74, 6) is 2.76. The molecule has 0 radical (unpaired) electrons. The smallest absolute Gasteiger partial charge is 0.170 e. The molecule has 6 aromatic carbocycles. The number of nitrogens with zero attached hydrogens (tertiary/aromatic N) is 2. The summed E-state index contributed by atoms with van der Waals surface area (Å²) in [6.45, 7) is 2.04. The number of allylic oxidation sites excluding steroid dienone is 1. The van der Waals surface area contributed by atoms with Crippen LogP contribution in [0.1, 0.15) is 34.9 Å². The van der Waals surface area contributed by atoms with Gasteiger partial charge in [-0.15, -0.1) is 0 Å². The minimum Gasteiger partial charge on any atom is -0.450 e. The van der Waals surface area contributed by atoms with Gasteiger partial charge in [0.1, 0.15) is 0 Å². The average molecular weight is 821 g/mol. The van der Waals surface area contributed by atoms with Crippen LogP contribution in [0.5, 0.6) is 23.0 Å². The largest absolute Gasteiger partial charge is 0.450 e. The lowest BCUT2D eigenvalue weighted by Crippen LogP contribution is -2.28. The van der Waals surface area contributed by atoms with Crippen LogP contribution in [-0.2, 0) is 5.41 Å². The standard InChI is InChI=1S/C50H33IN2O2/c1-2-42(51)44-27-33(28-45(53-44)43-23-13-14-26-52-43)37-20-10-9-19-36(37)32-24-25-46-47(29-32)55-48-30-39-38-21-11-12-22-40(38)50(34-15-5-3-6-16-34,35-17-7-4-8-18-35)41(39)31-49(48)54-46/h2-31H,1H3/b42-2-. The second-order valence-corrected chi connectivity index (χ2v) is 14.9. The van der Waals surface area contributed by atoms with E-state index in [1.807, 2.05) is 31.2 Å². The van der Waals surface area contributed by atoms with E-state index >= 15 is 0 Å². The Kier molecular flexibility index (Phi) is 8.18. The van der Waals surface area contributed by atoms with E-state index in [1.54, 1.807) is 6.20 Å². The van der Waals surface area contributed by atoms with Crippen molar-refractivity contribution in [2.24, 2.45) is 0 Å². The molecule has 5 heteroatoms. The molecule has 8 aromatic rings. The minimum absolute atomic E-state index is 0.519. The Balaban J connectivity index is 1.08. The van der Waals surface area contributed by atoms with E-state index in [9.17, 15) is 0 Å². The lowest BCUT2D eigenvalue weighted by atomic mass is 9.67. The van der Waals surface area contributed by atoms with Crippen molar-refractivity contribution in [1.29, 1.82) is 0 Å². The number of aromatic nitrogens is 2. The number of fused-ring (bicyclic) bond motifs is 5. The second-order valence-electron chi connectivity index (χ2n) is 13.8. The molecule has 3 heterocycles.